The van der Waals surface area contributed by atoms with Crippen molar-refractivity contribution in [3.63, 3.8) is 0 Å². The number of carbonyl (C=O) groups excluding carboxylic acids is 4. The second-order valence-electron chi connectivity index (χ2n) is 8.67. The molecule has 0 aliphatic carbocycles. The van der Waals surface area contributed by atoms with Gasteiger partial charge >= 0.3 is 5.97 Å². The molecular formula is C28H24ClN3O5. The number of benzene rings is 3. The zero-order valence-electron chi connectivity index (χ0n) is 20.4. The number of anilines is 3. The summed E-state index contributed by atoms with van der Waals surface area (Å²) in [5, 5.41) is 5.41. The fourth-order valence-electron chi connectivity index (χ4n) is 3.68. The van der Waals surface area contributed by atoms with E-state index in [1.807, 2.05) is 25.1 Å². The van der Waals surface area contributed by atoms with Crippen molar-refractivity contribution in [1.29, 1.82) is 0 Å². The summed E-state index contributed by atoms with van der Waals surface area (Å²) in [6.45, 7) is 5.40. The summed E-state index contributed by atoms with van der Waals surface area (Å²) in [5.74, 6) is -2.21. The summed E-state index contributed by atoms with van der Waals surface area (Å²) in [7, 11) is 0. The van der Waals surface area contributed by atoms with Gasteiger partial charge < -0.3 is 15.4 Å². The number of hydrogen-bond donors (Lipinski definition) is 2. The van der Waals surface area contributed by atoms with Crippen LogP contribution in [0, 0.1) is 6.92 Å². The van der Waals surface area contributed by atoms with E-state index in [-0.39, 0.29) is 34.0 Å². The van der Waals surface area contributed by atoms with Gasteiger partial charge in [0.25, 0.3) is 17.7 Å². The lowest BCUT2D eigenvalue weighted by atomic mass is 10.1. The SMILES string of the molecule is Cc1cccc(NC(=O)c2cccc(NC3=C(Cl)C(=O)N(c4ccc(C(=O)OC(C)C)cc4)C3=O)c2)c1. The highest BCUT2D eigenvalue weighted by Crippen LogP contribution is 2.30. The van der Waals surface area contributed by atoms with Gasteiger partial charge in [-0.15, -0.1) is 0 Å². The van der Waals surface area contributed by atoms with Gasteiger partial charge in [0.1, 0.15) is 10.7 Å². The Morgan fingerprint density at radius 3 is 2.22 bits per heavy atom. The first-order valence-corrected chi connectivity index (χ1v) is 11.9. The largest absolute Gasteiger partial charge is 0.459 e. The molecule has 4 rings (SSSR count). The molecule has 2 N–H and O–H groups in total. The van der Waals surface area contributed by atoms with Crippen LogP contribution in [0.2, 0.25) is 0 Å². The molecule has 0 atom stereocenters. The number of imide groups is 1. The molecule has 0 radical (unpaired) electrons. The van der Waals surface area contributed by atoms with E-state index in [2.05, 4.69) is 10.6 Å². The van der Waals surface area contributed by atoms with E-state index in [1.54, 1.807) is 44.2 Å². The second-order valence-corrected chi connectivity index (χ2v) is 9.04. The number of aryl methyl sites for hydroxylation is 1. The molecule has 0 aromatic heterocycles. The van der Waals surface area contributed by atoms with E-state index in [0.717, 1.165) is 10.5 Å². The van der Waals surface area contributed by atoms with E-state index >= 15 is 0 Å². The van der Waals surface area contributed by atoms with Crippen LogP contribution in [-0.2, 0) is 14.3 Å². The molecule has 0 bridgehead atoms. The van der Waals surface area contributed by atoms with E-state index in [4.69, 9.17) is 16.3 Å². The lowest BCUT2D eigenvalue weighted by Gasteiger charge is -2.16. The van der Waals surface area contributed by atoms with Gasteiger partial charge in [-0.1, -0.05) is 29.8 Å². The van der Waals surface area contributed by atoms with E-state index in [9.17, 15) is 19.2 Å². The smallest absolute Gasteiger partial charge is 0.338 e. The molecule has 8 nitrogen and oxygen atoms in total. The quantitative estimate of drug-likeness (QED) is 0.328. The number of rotatable bonds is 7. The highest BCUT2D eigenvalue weighted by Gasteiger charge is 2.39. The van der Waals surface area contributed by atoms with Crippen LogP contribution in [0.1, 0.15) is 40.1 Å². The van der Waals surface area contributed by atoms with Crippen molar-refractivity contribution in [3.8, 4) is 0 Å². The fraction of sp³-hybridized carbons (Fsp3) is 0.143. The Morgan fingerprint density at radius 2 is 1.54 bits per heavy atom. The van der Waals surface area contributed by atoms with Gasteiger partial charge in [0.05, 0.1) is 17.4 Å². The van der Waals surface area contributed by atoms with Gasteiger partial charge in [0.15, 0.2) is 0 Å². The summed E-state index contributed by atoms with van der Waals surface area (Å²) in [6, 6.07) is 19.8. The topological polar surface area (TPSA) is 105 Å². The van der Waals surface area contributed by atoms with Gasteiger partial charge in [-0.2, -0.15) is 0 Å². The predicted octanol–water partition coefficient (Wildman–Crippen LogP) is 5.25. The molecule has 3 aromatic carbocycles. The molecule has 0 spiro atoms. The Labute approximate surface area is 218 Å². The van der Waals surface area contributed by atoms with Crippen LogP contribution in [0.5, 0.6) is 0 Å². The molecule has 0 saturated heterocycles. The first-order valence-electron chi connectivity index (χ1n) is 11.5. The van der Waals surface area contributed by atoms with Crippen LogP contribution in [0.25, 0.3) is 0 Å². The van der Waals surface area contributed by atoms with Crippen molar-refractivity contribution in [2.45, 2.75) is 26.9 Å². The Morgan fingerprint density at radius 1 is 0.865 bits per heavy atom. The number of nitrogens with one attached hydrogen (secondary N) is 2. The number of ether oxygens (including phenoxy) is 1. The van der Waals surface area contributed by atoms with E-state index in [0.29, 0.717) is 16.9 Å². The number of hydrogen-bond acceptors (Lipinski definition) is 6. The number of esters is 1. The average molecular weight is 518 g/mol. The fourth-order valence-corrected chi connectivity index (χ4v) is 3.90. The molecule has 1 heterocycles. The number of carbonyl (C=O) groups is 4. The third-order valence-electron chi connectivity index (χ3n) is 5.40. The molecule has 1 aliphatic rings. The lowest BCUT2D eigenvalue weighted by Crippen LogP contribution is -2.32. The molecule has 188 valence electrons. The van der Waals surface area contributed by atoms with Crippen LogP contribution < -0.4 is 15.5 Å². The molecule has 3 amide bonds. The van der Waals surface area contributed by atoms with Crippen LogP contribution in [0.3, 0.4) is 0 Å². The molecule has 1 aliphatic heterocycles. The number of nitrogens with zero attached hydrogens (tertiary/aromatic N) is 1. The Balaban J connectivity index is 1.50. The Bertz CT molecular complexity index is 1430. The van der Waals surface area contributed by atoms with Crippen molar-refractivity contribution in [1.82, 2.24) is 0 Å². The predicted molar refractivity (Wildman–Crippen MR) is 142 cm³/mol. The normalized spacial score (nSPS) is 13.3. The zero-order chi connectivity index (χ0) is 26.7. The van der Waals surface area contributed by atoms with Crippen molar-refractivity contribution < 1.29 is 23.9 Å². The molecule has 9 heteroatoms. The molecular weight excluding hydrogens is 494 g/mol. The van der Waals surface area contributed by atoms with Crippen molar-refractivity contribution in [2.75, 3.05) is 15.5 Å². The van der Waals surface area contributed by atoms with E-state index < -0.39 is 17.8 Å². The number of amides is 3. The molecule has 0 fully saturated rings. The minimum atomic E-state index is -0.708. The highest BCUT2D eigenvalue weighted by atomic mass is 35.5. The third-order valence-corrected chi connectivity index (χ3v) is 5.75. The van der Waals surface area contributed by atoms with Crippen molar-refractivity contribution >= 4 is 52.4 Å². The first-order chi connectivity index (χ1) is 17.6. The van der Waals surface area contributed by atoms with Gasteiger partial charge in [-0.3, -0.25) is 14.4 Å². The molecule has 37 heavy (non-hydrogen) atoms. The summed E-state index contributed by atoms with van der Waals surface area (Å²) in [4.78, 5) is 51.6. The second kappa shape index (κ2) is 10.7. The summed E-state index contributed by atoms with van der Waals surface area (Å²) in [6.07, 6.45) is -0.280. The van der Waals surface area contributed by atoms with Crippen molar-refractivity contribution in [2.24, 2.45) is 0 Å². The standard InChI is InChI=1S/C28H24ClN3O5/c1-16(2)37-28(36)18-10-12-22(13-11-18)32-26(34)23(29)24(27(32)35)30-21-9-5-7-19(15-21)25(33)31-20-8-4-6-17(3)14-20/h4-16,30H,1-3H3,(H,31,33). The van der Waals surface area contributed by atoms with Crippen LogP contribution in [-0.4, -0.2) is 29.8 Å². The van der Waals surface area contributed by atoms with Crippen LogP contribution in [0.4, 0.5) is 17.1 Å². The summed E-state index contributed by atoms with van der Waals surface area (Å²) < 4.78 is 5.15. The van der Waals surface area contributed by atoms with Gasteiger partial charge in [0, 0.05) is 16.9 Å². The minimum absolute atomic E-state index is 0.119. The van der Waals surface area contributed by atoms with Gasteiger partial charge in [-0.25, -0.2) is 9.69 Å². The molecule has 0 unspecified atom stereocenters. The monoisotopic (exact) mass is 517 g/mol. The summed E-state index contributed by atoms with van der Waals surface area (Å²) >= 11 is 6.23. The maximum atomic E-state index is 13.1. The average Bonchev–Trinajstić information content (AvgIpc) is 3.07. The minimum Gasteiger partial charge on any atom is -0.459 e. The van der Waals surface area contributed by atoms with E-state index in [1.165, 1.54) is 24.3 Å². The van der Waals surface area contributed by atoms with Crippen LogP contribution in [0.15, 0.2) is 83.5 Å². The summed E-state index contributed by atoms with van der Waals surface area (Å²) in [5.41, 5.74) is 2.83. The lowest BCUT2D eigenvalue weighted by molar-refractivity contribution is -0.120. The zero-order valence-corrected chi connectivity index (χ0v) is 21.1. The Kier molecular flexibility index (Phi) is 7.40. The van der Waals surface area contributed by atoms with Gasteiger partial charge in [-0.05, 0) is 80.9 Å². The molecule has 3 aromatic rings. The van der Waals surface area contributed by atoms with Gasteiger partial charge in [0.2, 0.25) is 0 Å². The first kappa shape index (κ1) is 25.7. The third kappa shape index (κ3) is 5.70. The number of halogens is 1. The Hall–Kier alpha value is -4.43. The molecule has 0 saturated carbocycles. The maximum Gasteiger partial charge on any atom is 0.338 e. The van der Waals surface area contributed by atoms with Crippen molar-refractivity contribution in [3.05, 3.63) is 100 Å². The highest BCUT2D eigenvalue weighted by molar-refractivity contribution is 6.53. The maximum absolute atomic E-state index is 13.1. The van der Waals surface area contributed by atoms with Crippen LogP contribution >= 0.6 is 11.6 Å².